The summed E-state index contributed by atoms with van der Waals surface area (Å²) < 4.78 is 19.2. The van der Waals surface area contributed by atoms with Crippen molar-refractivity contribution in [2.24, 2.45) is 0 Å². The van der Waals surface area contributed by atoms with Gasteiger partial charge in [0.25, 0.3) is 0 Å². The minimum atomic E-state index is -0.623. The highest BCUT2D eigenvalue weighted by Crippen LogP contribution is 2.26. The Hall–Kier alpha value is -1.46. The molecule has 0 amide bonds. The molecule has 0 radical (unpaired) electrons. The lowest BCUT2D eigenvalue weighted by Gasteiger charge is -2.08. The molecule has 5 heteroatoms. The third-order valence-electron chi connectivity index (χ3n) is 2.26. The van der Waals surface area contributed by atoms with Crippen LogP contribution >= 0.6 is 15.9 Å². The van der Waals surface area contributed by atoms with Gasteiger partial charge in [0.2, 0.25) is 0 Å². The summed E-state index contributed by atoms with van der Waals surface area (Å²) in [6.45, 7) is 1.63. The van der Waals surface area contributed by atoms with Gasteiger partial charge in [0.15, 0.2) is 0 Å². The highest BCUT2D eigenvalue weighted by molar-refractivity contribution is 9.10. The first kappa shape index (κ1) is 13.0. The number of aliphatic hydroxyl groups is 1. The third-order valence-corrected chi connectivity index (χ3v) is 2.72. The molecule has 1 aromatic heterocycles. The van der Waals surface area contributed by atoms with E-state index >= 15 is 0 Å². The van der Waals surface area contributed by atoms with Gasteiger partial charge in [-0.2, -0.15) is 0 Å². The Balaban J connectivity index is 2.18. The van der Waals surface area contributed by atoms with E-state index in [4.69, 9.17) is 4.74 Å². The second-order valence-corrected chi connectivity index (χ2v) is 4.72. The summed E-state index contributed by atoms with van der Waals surface area (Å²) in [5, 5.41) is 9.32. The van der Waals surface area contributed by atoms with E-state index in [1.165, 1.54) is 18.3 Å². The van der Waals surface area contributed by atoms with Crippen LogP contribution in [0.3, 0.4) is 0 Å². The predicted molar refractivity (Wildman–Crippen MR) is 69.0 cm³/mol. The molecule has 0 saturated carbocycles. The maximum absolute atomic E-state index is 13.1. The molecule has 94 valence electrons. The van der Waals surface area contributed by atoms with Gasteiger partial charge in [0.05, 0.1) is 18.0 Å². The van der Waals surface area contributed by atoms with Crippen molar-refractivity contribution in [3.8, 4) is 11.5 Å². The zero-order chi connectivity index (χ0) is 13.1. The van der Waals surface area contributed by atoms with Crippen molar-refractivity contribution in [1.82, 2.24) is 4.98 Å². The van der Waals surface area contributed by atoms with Crippen LogP contribution in [0.25, 0.3) is 0 Å². The predicted octanol–water partition coefficient (Wildman–Crippen LogP) is 3.83. The van der Waals surface area contributed by atoms with E-state index in [1.54, 1.807) is 25.1 Å². The van der Waals surface area contributed by atoms with Gasteiger partial charge >= 0.3 is 0 Å². The molecule has 0 aliphatic carbocycles. The molecule has 0 aliphatic heterocycles. The van der Waals surface area contributed by atoms with Gasteiger partial charge in [-0.25, -0.2) is 4.39 Å². The van der Waals surface area contributed by atoms with Crippen molar-refractivity contribution >= 4 is 15.9 Å². The Morgan fingerprint density at radius 3 is 2.61 bits per heavy atom. The third kappa shape index (κ3) is 3.27. The normalized spacial score (nSPS) is 12.2. The second-order valence-electron chi connectivity index (χ2n) is 3.80. The molecular weight excluding hydrogens is 301 g/mol. The van der Waals surface area contributed by atoms with E-state index in [-0.39, 0.29) is 5.82 Å². The summed E-state index contributed by atoms with van der Waals surface area (Å²) in [7, 11) is 0. The smallest absolute Gasteiger partial charge is 0.145 e. The van der Waals surface area contributed by atoms with Crippen molar-refractivity contribution in [3.63, 3.8) is 0 Å². The van der Waals surface area contributed by atoms with Crippen molar-refractivity contribution in [3.05, 3.63) is 52.5 Å². The fraction of sp³-hybridized carbons (Fsp3) is 0.154. The summed E-state index contributed by atoms with van der Waals surface area (Å²) >= 11 is 3.19. The highest BCUT2D eigenvalue weighted by atomic mass is 79.9. The van der Waals surface area contributed by atoms with Gasteiger partial charge in [0, 0.05) is 10.5 Å². The molecule has 18 heavy (non-hydrogen) atoms. The van der Waals surface area contributed by atoms with E-state index < -0.39 is 6.10 Å². The van der Waals surface area contributed by atoms with E-state index in [9.17, 15) is 9.50 Å². The molecule has 1 atom stereocenters. The van der Waals surface area contributed by atoms with Crippen LogP contribution in [0, 0.1) is 5.82 Å². The van der Waals surface area contributed by atoms with Gasteiger partial charge in [-0.15, -0.1) is 0 Å². The Morgan fingerprint density at radius 2 is 2.06 bits per heavy atom. The fourth-order valence-corrected chi connectivity index (χ4v) is 1.87. The molecule has 1 N–H and O–H groups in total. The summed E-state index contributed by atoms with van der Waals surface area (Å²) in [6.07, 6.45) is 0.864. The minimum Gasteiger partial charge on any atom is -0.456 e. The number of nitrogens with zero attached hydrogens (tertiary/aromatic N) is 1. The zero-order valence-corrected chi connectivity index (χ0v) is 11.2. The van der Waals surface area contributed by atoms with Crippen LogP contribution in [0.1, 0.15) is 18.7 Å². The molecule has 3 nitrogen and oxygen atoms in total. The molecule has 0 saturated heterocycles. The fourth-order valence-electron chi connectivity index (χ4n) is 1.42. The number of hydrogen-bond donors (Lipinski definition) is 1. The molecular formula is C13H11BrFNO2. The number of aliphatic hydroxyl groups excluding tert-OH is 1. The van der Waals surface area contributed by atoms with Crippen LogP contribution in [-0.4, -0.2) is 10.1 Å². The van der Waals surface area contributed by atoms with E-state index in [0.29, 0.717) is 21.7 Å². The number of ether oxygens (including phenoxy) is 1. The Kier molecular flexibility index (Phi) is 3.93. The lowest BCUT2D eigenvalue weighted by Crippen LogP contribution is -1.95. The van der Waals surface area contributed by atoms with Crippen LogP contribution in [-0.2, 0) is 0 Å². The number of pyridine rings is 1. The van der Waals surface area contributed by atoms with Crippen LogP contribution in [0.4, 0.5) is 4.39 Å². The van der Waals surface area contributed by atoms with Crippen LogP contribution < -0.4 is 4.74 Å². The average molecular weight is 312 g/mol. The molecule has 0 bridgehead atoms. The zero-order valence-electron chi connectivity index (χ0n) is 9.60. The summed E-state index contributed by atoms with van der Waals surface area (Å²) in [6, 6.07) is 7.63. The molecule has 0 fully saturated rings. The molecule has 2 rings (SSSR count). The largest absolute Gasteiger partial charge is 0.456 e. The first-order chi connectivity index (χ1) is 8.54. The van der Waals surface area contributed by atoms with Crippen molar-refractivity contribution in [1.29, 1.82) is 0 Å². The Bertz CT molecular complexity index is 523. The number of hydrogen-bond acceptors (Lipinski definition) is 3. The summed E-state index contributed by atoms with van der Waals surface area (Å²) in [5.74, 6) is 0.485. The number of rotatable bonds is 3. The van der Waals surface area contributed by atoms with Gasteiger partial charge < -0.3 is 9.84 Å². The quantitative estimate of drug-likeness (QED) is 0.936. The second kappa shape index (κ2) is 5.46. The lowest BCUT2D eigenvalue weighted by molar-refractivity contribution is 0.194. The summed E-state index contributed by atoms with van der Waals surface area (Å²) in [4.78, 5) is 4.04. The van der Waals surface area contributed by atoms with Crippen LogP contribution in [0.15, 0.2) is 41.0 Å². The molecule has 0 unspecified atom stereocenters. The number of aromatic nitrogens is 1. The first-order valence-electron chi connectivity index (χ1n) is 5.32. The summed E-state index contributed by atoms with van der Waals surface area (Å²) in [5.41, 5.74) is 0.558. The molecule has 2 aromatic rings. The van der Waals surface area contributed by atoms with Crippen molar-refractivity contribution in [2.45, 2.75) is 13.0 Å². The van der Waals surface area contributed by atoms with Crippen molar-refractivity contribution in [2.75, 3.05) is 0 Å². The van der Waals surface area contributed by atoms with E-state index in [1.807, 2.05) is 0 Å². The molecule has 1 heterocycles. The monoisotopic (exact) mass is 311 g/mol. The molecule has 1 aromatic carbocycles. The van der Waals surface area contributed by atoms with Gasteiger partial charge in [-0.3, -0.25) is 4.98 Å². The minimum absolute atomic E-state index is 0.382. The van der Waals surface area contributed by atoms with Crippen LogP contribution in [0.2, 0.25) is 0 Å². The van der Waals surface area contributed by atoms with Crippen molar-refractivity contribution < 1.29 is 14.2 Å². The van der Waals surface area contributed by atoms with E-state index in [0.717, 1.165) is 0 Å². The van der Waals surface area contributed by atoms with Crippen LogP contribution in [0.5, 0.6) is 11.5 Å². The number of benzene rings is 1. The lowest BCUT2D eigenvalue weighted by atomic mass is 10.2. The highest BCUT2D eigenvalue weighted by Gasteiger charge is 2.05. The topological polar surface area (TPSA) is 42.4 Å². The maximum Gasteiger partial charge on any atom is 0.145 e. The van der Waals surface area contributed by atoms with Gasteiger partial charge in [0.1, 0.15) is 17.3 Å². The average Bonchev–Trinajstić information content (AvgIpc) is 2.28. The Morgan fingerprint density at radius 1 is 1.28 bits per heavy atom. The first-order valence-corrected chi connectivity index (χ1v) is 6.12. The van der Waals surface area contributed by atoms with E-state index in [2.05, 4.69) is 20.9 Å². The molecule has 0 aliphatic rings. The standard InChI is InChI=1S/C13H11BrFNO2/c1-8(17)13-3-2-11(7-16-13)18-12-5-9(14)4-10(15)6-12/h2-8,17H,1H3/t8-/m1/s1. The van der Waals surface area contributed by atoms with Gasteiger partial charge in [-0.1, -0.05) is 15.9 Å². The number of halogens is 2. The Labute approximate surface area is 112 Å². The molecule has 0 spiro atoms. The van der Waals surface area contributed by atoms with Gasteiger partial charge in [-0.05, 0) is 31.2 Å². The maximum atomic E-state index is 13.1. The SMILES string of the molecule is C[C@@H](O)c1ccc(Oc2cc(F)cc(Br)c2)cn1.